The van der Waals surface area contributed by atoms with Crippen LogP contribution in [0.1, 0.15) is 12.0 Å². The van der Waals surface area contributed by atoms with Gasteiger partial charge < -0.3 is 11.1 Å². The van der Waals surface area contributed by atoms with Gasteiger partial charge in [-0.1, -0.05) is 16.9 Å². The van der Waals surface area contributed by atoms with Crippen LogP contribution in [-0.4, -0.2) is 44.8 Å². The van der Waals surface area contributed by atoms with Crippen molar-refractivity contribution < 1.29 is 27.1 Å². The minimum atomic E-state index is -3.09. The summed E-state index contributed by atoms with van der Waals surface area (Å²) in [6.07, 6.45) is -3.09. The fraction of sp³-hybridized carbons (Fsp3) is 0.267. The molecule has 0 aliphatic carbocycles. The van der Waals surface area contributed by atoms with Crippen molar-refractivity contribution in [1.82, 2.24) is 25.4 Å². The average molecular weight is 430 g/mol. The van der Waals surface area contributed by atoms with E-state index in [1.807, 2.05) is 0 Å². The zero-order chi connectivity index (χ0) is 21.0. The van der Waals surface area contributed by atoms with Gasteiger partial charge in [-0.15, -0.1) is 0 Å². The molecule has 0 aliphatic heterocycles. The van der Waals surface area contributed by atoms with Crippen molar-refractivity contribution in [2.45, 2.75) is 11.5 Å². The van der Waals surface area contributed by atoms with E-state index in [0.717, 1.165) is 34.5 Å². The predicted octanol–water partition coefficient (Wildman–Crippen LogP) is 1.12. The molecule has 0 fully saturated rings. The van der Waals surface area contributed by atoms with Crippen molar-refractivity contribution >= 4 is 17.7 Å². The van der Waals surface area contributed by atoms with Crippen LogP contribution in [0.15, 0.2) is 37.2 Å². The molecule has 3 N–H and O–H groups in total. The maximum Gasteiger partial charge on any atom is 0.446 e. The van der Waals surface area contributed by atoms with E-state index in [1.54, 1.807) is 0 Å². The lowest BCUT2D eigenvalue weighted by atomic mass is 10.2. The number of thioether (sulfide) groups is 1. The Morgan fingerprint density at radius 3 is 2.83 bits per heavy atom. The maximum atomic E-state index is 13.6. The van der Waals surface area contributed by atoms with Gasteiger partial charge in [-0.3, -0.25) is 9.32 Å². The lowest BCUT2D eigenvalue weighted by Gasteiger charge is -2.07. The minimum absolute atomic E-state index is 0.00826. The molecular formula is C15H13F3N6O4S. The van der Waals surface area contributed by atoms with Crippen molar-refractivity contribution in [2.24, 2.45) is 5.73 Å². The third kappa shape index (κ3) is 4.48. The predicted molar refractivity (Wildman–Crippen MR) is 93.1 cm³/mol. The van der Waals surface area contributed by atoms with Gasteiger partial charge in [0.05, 0.1) is 17.8 Å². The fourth-order valence-corrected chi connectivity index (χ4v) is 3.04. The van der Waals surface area contributed by atoms with E-state index < -0.39 is 23.6 Å². The molecule has 3 aromatic rings. The molecule has 0 unspecified atom stereocenters. The standard InChI is InChI=1S/C15H13F3N6O4S/c16-9-2-1-7(5-8(9)12(17)18)24-13(22-27-15(24)26)11-14(23-28-21-11)29-4-3-20-10(25)6-19/h1-2,5,12H,3-4,6,19H2,(H,20,25). The first kappa shape index (κ1) is 20.6. The normalized spacial score (nSPS) is 11.2. The first-order valence-electron chi connectivity index (χ1n) is 8.01. The molecule has 154 valence electrons. The Labute approximate surface area is 164 Å². The first-order valence-corrected chi connectivity index (χ1v) is 9.00. The van der Waals surface area contributed by atoms with Crippen molar-refractivity contribution in [1.29, 1.82) is 0 Å². The van der Waals surface area contributed by atoms with Gasteiger partial charge in [0.2, 0.25) is 11.7 Å². The van der Waals surface area contributed by atoms with Gasteiger partial charge in [0.25, 0.3) is 6.43 Å². The van der Waals surface area contributed by atoms with Crippen molar-refractivity contribution in [3.63, 3.8) is 0 Å². The molecule has 1 aromatic carbocycles. The van der Waals surface area contributed by atoms with Crippen LogP contribution in [0.5, 0.6) is 0 Å². The molecule has 0 saturated heterocycles. The summed E-state index contributed by atoms with van der Waals surface area (Å²) >= 11 is 1.12. The zero-order valence-electron chi connectivity index (χ0n) is 14.5. The number of nitrogens with two attached hydrogens (primary N) is 1. The molecule has 3 rings (SSSR count). The van der Waals surface area contributed by atoms with E-state index >= 15 is 0 Å². The van der Waals surface area contributed by atoms with Crippen molar-refractivity contribution in [2.75, 3.05) is 18.8 Å². The van der Waals surface area contributed by atoms with E-state index in [-0.39, 0.29) is 41.2 Å². The Hall–Kier alpha value is -3.13. The summed E-state index contributed by atoms with van der Waals surface area (Å²) in [5.74, 6) is -2.26. The molecule has 0 spiro atoms. The van der Waals surface area contributed by atoms with Crippen LogP contribution in [0.25, 0.3) is 17.2 Å². The number of carbonyl (C=O) groups excluding carboxylic acids is 1. The molecule has 2 heterocycles. The first-order chi connectivity index (χ1) is 13.9. The Kier molecular flexibility index (Phi) is 6.33. The second-order valence-electron chi connectivity index (χ2n) is 5.43. The summed E-state index contributed by atoms with van der Waals surface area (Å²) in [6.45, 7) is 0.124. The third-order valence-corrected chi connectivity index (χ3v) is 4.55. The van der Waals surface area contributed by atoms with Crippen LogP contribution in [-0.2, 0) is 4.79 Å². The van der Waals surface area contributed by atoms with E-state index in [9.17, 15) is 22.8 Å². The number of aromatic nitrogens is 4. The number of nitrogens with one attached hydrogen (secondary N) is 1. The van der Waals surface area contributed by atoms with Crippen LogP contribution in [0.2, 0.25) is 0 Å². The van der Waals surface area contributed by atoms with Gasteiger partial charge in [-0.25, -0.2) is 27.2 Å². The number of hydrogen-bond acceptors (Lipinski definition) is 9. The molecule has 0 atom stereocenters. The zero-order valence-corrected chi connectivity index (χ0v) is 15.3. The summed E-state index contributed by atoms with van der Waals surface area (Å²) in [5.41, 5.74) is 4.21. The number of halogens is 3. The Bertz CT molecular complexity index is 1070. The van der Waals surface area contributed by atoms with E-state index in [4.69, 9.17) is 5.73 Å². The highest BCUT2D eigenvalue weighted by Gasteiger charge is 2.24. The number of rotatable bonds is 8. The highest BCUT2D eigenvalue weighted by molar-refractivity contribution is 7.99. The SMILES string of the molecule is NCC(=O)NCCSc1nonc1-c1noc(=O)n1-c1ccc(F)c(C(F)F)c1. The lowest BCUT2D eigenvalue weighted by Crippen LogP contribution is -2.31. The third-order valence-electron chi connectivity index (χ3n) is 3.60. The van der Waals surface area contributed by atoms with Gasteiger partial charge in [-0.05, 0) is 28.5 Å². The molecule has 14 heteroatoms. The number of benzene rings is 1. The topological polar surface area (TPSA) is 142 Å². The summed E-state index contributed by atoms with van der Waals surface area (Å²) in [5, 5.41) is 13.7. The summed E-state index contributed by atoms with van der Waals surface area (Å²) < 4.78 is 49.7. The maximum absolute atomic E-state index is 13.6. The molecule has 10 nitrogen and oxygen atoms in total. The Morgan fingerprint density at radius 1 is 1.31 bits per heavy atom. The van der Waals surface area contributed by atoms with E-state index in [1.165, 1.54) is 0 Å². The van der Waals surface area contributed by atoms with Gasteiger partial charge in [0, 0.05) is 12.3 Å². The van der Waals surface area contributed by atoms with Crippen molar-refractivity contribution in [3.8, 4) is 17.2 Å². The molecule has 29 heavy (non-hydrogen) atoms. The molecule has 0 radical (unpaired) electrons. The number of amides is 1. The van der Waals surface area contributed by atoms with E-state index in [0.29, 0.717) is 5.75 Å². The van der Waals surface area contributed by atoms with Gasteiger partial charge >= 0.3 is 5.76 Å². The monoisotopic (exact) mass is 430 g/mol. The lowest BCUT2D eigenvalue weighted by molar-refractivity contribution is -0.119. The van der Waals surface area contributed by atoms with Gasteiger partial charge in [-0.2, -0.15) is 0 Å². The molecular weight excluding hydrogens is 417 g/mol. The summed E-state index contributed by atoms with van der Waals surface area (Å²) in [4.78, 5) is 23.2. The Balaban J connectivity index is 1.90. The number of carbonyl (C=O) groups is 1. The number of nitrogens with zero attached hydrogens (tertiary/aromatic N) is 4. The highest BCUT2D eigenvalue weighted by atomic mass is 32.2. The second kappa shape index (κ2) is 8.91. The summed E-state index contributed by atoms with van der Waals surface area (Å²) in [6, 6.07) is 2.73. The van der Waals surface area contributed by atoms with Crippen LogP contribution in [0, 0.1) is 5.82 Å². The van der Waals surface area contributed by atoms with E-state index in [2.05, 4.69) is 29.9 Å². The minimum Gasteiger partial charge on any atom is -0.354 e. The van der Waals surface area contributed by atoms with Crippen molar-refractivity contribution in [3.05, 3.63) is 40.1 Å². The molecule has 2 aromatic heterocycles. The molecule has 0 saturated carbocycles. The molecule has 1 amide bonds. The van der Waals surface area contributed by atoms with Crippen LogP contribution in [0.4, 0.5) is 13.2 Å². The number of alkyl halides is 2. The second-order valence-corrected chi connectivity index (χ2v) is 6.52. The van der Waals surface area contributed by atoms with Gasteiger partial charge in [0.1, 0.15) is 5.82 Å². The highest BCUT2D eigenvalue weighted by Crippen LogP contribution is 2.29. The molecule has 0 bridgehead atoms. The van der Waals surface area contributed by atoms with Crippen LogP contribution < -0.4 is 16.8 Å². The van der Waals surface area contributed by atoms with Gasteiger partial charge in [0.15, 0.2) is 10.7 Å². The molecule has 0 aliphatic rings. The van der Waals surface area contributed by atoms with Crippen LogP contribution in [0.3, 0.4) is 0 Å². The average Bonchev–Trinajstić information content (AvgIpc) is 3.31. The fourth-order valence-electron chi connectivity index (χ4n) is 2.29. The van der Waals surface area contributed by atoms with Crippen LogP contribution >= 0.6 is 11.8 Å². The quantitative estimate of drug-likeness (QED) is 0.397. The Morgan fingerprint density at radius 2 is 2.10 bits per heavy atom. The number of hydrogen-bond donors (Lipinski definition) is 2. The smallest absolute Gasteiger partial charge is 0.354 e. The summed E-state index contributed by atoms with van der Waals surface area (Å²) in [7, 11) is 0. The largest absolute Gasteiger partial charge is 0.446 e.